The Hall–Kier alpha value is -1.75. The normalized spacial score (nSPS) is 16.4. The van der Waals surface area contributed by atoms with Gasteiger partial charge in [0.1, 0.15) is 0 Å². The van der Waals surface area contributed by atoms with Crippen molar-refractivity contribution in [3.05, 3.63) is 24.3 Å². The molecule has 1 aliphatic heterocycles. The molecule has 2 N–H and O–H groups in total. The molecule has 0 unspecified atom stereocenters. The Bertz CT molecular complexity index is 411. The zero-order valence-corrected chi connectivity index (χ0v) is 11.3. The van der Waals surface area contributed by atoms with Crippen LogP contribution in [0.4, 0.5) is 11.4 Å². The van der Waals surface area contributed by atoms with E-state index < -0.39 is 0 Å². The van der Waals surface area contributed by atoms with Crippen LogP contribution in [0.3, 0.4) is 0 Å². The number of nitrogens with two attached hydrogens (primary N) is 1. The minimum absolute atomic E-state index is 0.138. The van der Waals surface area contributed by atoms with Gasteiger partial charge >= 0.3 is 5.97 Å². The molecular formula is C14H21N3O2. The van der Waals surface area contributed by atoms with Crippen molar-refractivity contribution >= 4 is 17.3 Å². The predicted octanol–water partition coefficient (Wildman–Crippen LogP) is 0.954. The Balaban J connectivity index is 1.79. The predicted molar refractivity (Wildman–Crippen MR) is 76.1 cm³/mol. The number of hydrogen-bond acceptors (Lipinski definition) is 5. The van der Waals surface area contributed by atoms with Crippen molar-refractivity contribution in [2.75, 3.05) is 50.5 Å². The van der Waals surface area contributed by atoms with E-state index in [1.54, 1.807) is 0 Å². The number of hydrogen-bond donors (Lipinski definition) is 1. The number of carbonyl (C=O) groups is 1. The highest BCUT2D eigenvalue weighted by molar-refractivity contribution is 5.69. The van der Waals surface area contributed by atoms with E-state index in [0.29, 0.717) is 6.42 Å². The number of nitrogen functional groups attached to an aromatic ring is 1. The lowest BCUT2D eigenvalue weighted by atomic mass is 10.2. The molecule has 2 rings (SSSR count). The first-order valence-electron chi connectivity index (χ1n) is 6.58. The molecule has 0 aromatic heterocycles. The second-order valence-corrected chi connectivity index (χ2v) is 4.75. The monoisotopic (exact) mass is 263 g/mol. The zero-order valence-electron chi connectivity index (χ0n) is 11.3. The van der Waals surface area contributed by atoms with Crippen LogP contribution in [0.15, 0.2) is 24.3 Å². The molecule has 1 aromatic rings. The van der Waals surface area contributed by atoms with E-state index in [2.05, 4.69) is 26.7 Å². The third-order valence-electron chi connectivity index (χ3n) is 3.49. The zero-order chi connectivity index (χ0) is 13.7. The Morgan fingerprint density at radius 3 is 2.42 bits per heavy atom. The highest BCUT2D eigenvalue weighted by Gasteiger charge is 2.17. The fourth-order valence-corrected chi connectivity index (χ4v) is 2.27. The Morgan fingerprint density at radius 1 is 1.21 bits per heavy atom. The van der Waals surface area contributed by atoms with E-state index in [0.717, 1.165) is 38.4 Å². The largest absolute Gasteiger partial charge is 0.469 e. The summed E-state index contributed by atoms with van der Waals surface area (Å²) < 4.78 is 4.66. The molecule has 0 atom stereocenters. The van der Waals surface area contributed by atoms with E-state index >= 15 is 0 Å². The minimum atomic E-state index is -0.138. The average molecular weight is 263 g/mol. The van der Waals surface area contributed by atoms with Crippen LogP contribution in [0.1, 0.15) is 6.42 Å². The molecule has 0 saturated carbocycles. The fraction of sp³-hybridized carbons (Fsp3) is 0.500. The van der Waals surface area contributed by atoms with Gasteiger partial charge in [0.2, 0.25) is 0 Å². The van der Waals surface area contributed by atoms with Crippen LogP contribution in [0.2, 0.25) is 0 Å². The van der Waals surface area contributed by atoms with Crippen molar-refractivity contribution in [2.24, 2.45) is 0 Å². The Kier molecular flexibility index (Phi) is 4.63. The summed E-state index contributed by atoms with van der Waals surface area (Å²) in [6, 6.07) is 7.97. The number of benzene rings is 1. The smallest absolute Gasteiger partial charge is 0.306 e. The molecule has 1 heterocycles. The van der Waals surface area contributed by atoms with Crippen molar-refractivity contribution in [3.63, 3.8) is 0 Å². The van der Waals surface area contributed by atoms with Gasteiger partial charge in [0, 0.05) is 44.1 Å². The van der Waals surface area contributed by atoms with Crippen molar-refractivity contribution in [1.29, 1.82) is 0 Å². The standard InChI is InChI=1S/C14H21N3O2/c1-19-14(18)6-7-16-8-10-17(11-9-16)13-4-2-12(15)3-5-13/h2-5H,6-11,15H2,1H3. The van der Waals surface area contributed by atoms with Crippen LogP contribution >= 0.6 is 0 Å². The number of methoxy groups -OCH3 is 1. The third-order valence-corrected chi connectivity index (χ3v) is 3.49. The maximum absolute atomic E-state index is 11.1. The van der Waals surface area contributed by atoms with E-state index in [-0.39, 0.29) is 5.97 Å². The van der Waals surface area contributed by atoms with Crippen molar-refractivity contribution in [2.45, 2.75) is 6.42 Å². The highest BCUT2D eigenvalue weighted by atomic mass is 16.5. The van der Waals surface area contributed by atoms with Crippen molar-refractivity contribution in [3.8, 4) is 0 Å². The maximum atomic E-state index is 11.1. The van der Waals surface area contributed by atoms with Crippen LogP contribution in [-0.2, 0) is 9.53 Å². The molecule has 104 valence electrons. The molecular weight excluding hydrogens is 242 g/mol. The first kappa shape index (κ1) is 13.7. The summed E-state index contributed by atoms with van der Waals surface area (Å²) in [4.78, 5) is 15.7. The second kappa shape index (κ2) is 6.43. The number of ether oxygens (including phenoxy) is 1. The van der Waals surface area contributed by atoms with Crippen LogP contribution in [0.5, 0.6) is 0 Å². The van der Waals surface area contributed by atoms with E-state index in [1.807, 2.05) is 12.1 Å². The second-order valence-electron chi connectivity index (χ2n) is 4.75. The number of esters is 1. The first-order chi connectivity index (χ1) is 9.19. The molecule has 5 nitrogen and oxygen atoms in total. The number of carbonyl (C=O) groups excluding carboxylic acids is 1. The molecule has 19 heavy (non-hydrogen) atoms. The van der Waals surface area contributed by atoms with Gasteiger partial charge in [-0.05, 0) is 24.3 Å². The first-order valence-corrected chi connectivity index (χ1v) is 6.58. The summed E-state index contributed by atoms with van der Waals surface area (Å²) in [5, 5.41) is 0. The van der Waals surface area contributed by atoms with Gasteiger partial charge in [-0.1, -0.05) is 0 Å². The fourth-order valence-electron chi connectivity index (χ4n) is 2.27. The minimum Gasteiger partial charge on any atom is -0.469 e. The van der Waals surface area contributed by atoms with E-state index in [1.165, 1.54) is 12.8 Å². The lowest BCUT2D eigenvalue weighted by Gasteiger charge is -2.36. The summed E-state index contributed by atoms with van der Waals surface area (Å²) in [7, 11) is 1.43. The van der Waals surface area contributed by atoms with Gasteiger partial charge in [0.15, 0.2) is 0 Å². The van der Waals surface area contributed by atoms with Gasteiger partial charge in [-0.3, -0.25) is 9.69 Å². The third kappa shape index (κ3) is 3.86. The van der Waals surface area contributed by atoms with Gasteiger partial charge in [-0.15, -0.1) is 0 Å². The molecule has 1 saturated heterocycles. The molecule has 1 fully saturated rings. The number of piperazine rings is 1. The molecule has 0 bridgehead atoms. The van der Waals surface area contributed by atoms with Gasteiger partial charge in [-0.2, -0.15) is 0 Å². The summed E-state index contributed by atoms with van der Waals surface area (Å²) in [5.74, 6) is -0.138. The quantitative estimate of drug-likeness (QED) is 0.647. The molecule has 5 heteroatoms. The van der Waals surface area contributed by atoms with Gasteiger partial charge < -0.3 is 15.4 Å². The highest BCUT2D eigenvalue weighted by Crippen LogP contribution is 2.18. The molecule has 0 spiro atoms. The lowest BCUT2D eigenvalue weighted by molar-refractivity contribution is -0.141. The van der Waals surface area contributed by atoms with Crippen molar-refractivity contribution in [1.82, 2.24) is 4.90 Å². The lowest BCUT2D eigenvalue weighted by Crippen LogP contribution is -2.46. The summed E-state index contributed by atoms with van der Waals surface area (Å²) in [5.41, 5.74) is 7.69. The molecule has 0 aliphatic carbocycles. The van der Waals surface area contributed by atoms with E-state index in [4.69, 9.17) is 5.73 Å². The van der Waals surface area contributed by atoms with Crippen LogP contribution in [0, 0.1) is 0 Å². The van der Waals surface area contributed by atoms with Crippen LogP contribution < -0.4 is 10.6 Å². The van der Waals surface area contributed by atoms with Gasteiger partial charge in [0.05, 0.1) is 13.5 Å². The topological polar surface area (TPSA) is 58.8 Å². The summed E-state index contributed by atoms with van der Waals surface area (Å²) in [6.07, 6.45) is 0.471. The molecule has 1 aromatic carbocycles. The van der Waals surface area contributed by atoms with Crippen molar-refractivity contribution < 1.29 is 9.53 Å². The number of anilines is 2. The average Bonchev–Trinajstić information content (AvgIpc) is 2.46. The maximum Gasteiger partial charge on any atom is 0.306 e. The van der Waals surface area contributed by atoms with Gasteiger partial charge in [0.25, 0.3) is 0 Å². The number of nitrogens with zero attached hydrogens (tertiary/aromatic N) is 2. The molecule has 1 aliphatic rings. The van der Waals surface area contributed by atoms with Crippen LogP contribution in [-0.4, -0.2) is 50.7 Å². The van der Waals surface area contributed by atoms with E-state index in [9.17, 15) is 4.79 Å². The Labute approximate surface area is 113 Å². The van der Waals surface area contributed by atoms with Gasteiger partial charge in [-0.25, -0.2) is 0 Å². The summed E-state index contributed by atoms with van der Waals surface area (Å²) >= 11 is 0. The number of rotatable bonds is 4. The molecule has 0 amide bonds. The SMILES string of the molecule is COC(=O)CCN1CCN(c2ccc(N)cc2)CC1. The molecule has 0 radical (unpaired) electrons. The van der Waals surface area contributed by atoms with Crippen LogP contribution in [0.25, 0.3) is 0 Å². The summed E-state index contributed by atoms with van der Waals surface area (Å²) in [6.45, 7) is 4.68. The Morgan fingerprint density at radius 2 is 1.84 bits per heavy atom.